The van der Waals surface area contributed by atoms with Gasteiger partial charge in [0.2, 0.25) is 0 Å². The Kier molecular flexibility index (Phi) is 6.98. The van der Waals surface area contributed by atoms with Gasteiger partial charge in [0, 0.05) is 18.2 Å². The third-order valence-corrected chi connectivity index (χ3v) is 7.20. The standard InChI is InChI=1S/C28H30N2O7/c1-19-15-30(26(34)29-24(19)33)25-23(32)27(36-17-21-11-6-3-7-12-21)14-8-13-22(31)28(27,37-25)18-35-16-20-9-4-2-5-10-20/h2-13,15,22-23,25,31-32H,14,16-18H2,1H3,(H,29,33,34)/t22-,23-,25+,27-,28-/m0/s1. The van der Waals surface area contributed by atoms with E-state index in [0.29, 0.717) is 0 Å². The zero-order valence-electron chi connectivity index (χ0n) is 20.4. The van der Waals surface area contributed by atoms with Crippen molar-refractivity contribution >= 4 is 0 Å². The van der Waals surface area contributed by atoms with E-state index in [4.69, 9.17) is 14.2 Å². The number of aromatic amines is 1. The Morgan fingerprint density at radius 1 is 1.03 bits per heavy atom. The average molecular weight is 507 g/mol. The van der Waals surface area contributed by atoms with E-state index < -0.39 is 40.9 Å². The summed E-state index contributed by atoms with van der Waals surface area (Å²) in [5.41, 5.74) is -2.19. The molecule has 5 rings (SSSR count). The summed E-state index contributed by atoms with van der Waals surface area (Å²) >= 11 is 0. The Bertz CT molecular complexity index is 1370. The van der Waals surface area contributed by atoms with Crippen LogP contribution in [0.4, 0.5) is 0 Å². The van der Waals surface area contributed by atoms with Crippen molar-refractivity contribution in [3.63, 3.8) is 0 Å². The third-order valence-electron chi connectivity index (χ3n) is 7.20. The van der Waals surface area contributed by atoms with E-state index in [1.165, 1.54) is 6.20 Å². The van der Waals surface area contributed by atoms with Crippen LogP contribution in [-0.4, -0.2) is 49.8 Å². The summed E-state index contributed by atoms with van der Waals surface area (Å²) < 4.78 is 20.1. The van der Waals surface area contributed by atoms with Crippen LogP contribution in [0.5, 0.6) is 0 Å². The van der Waals surface area contributed by atoms with Gasteiger partial charge in [0.1, 0.15) is 17.8 Å². The SMILES string of the molecule is Cc1cn([C@@H]2O[C@@]3(COCc4ccccc4)[C@@H](O)C=CC[C@]3(OCc3ccccc3)[C@H]2O)c(=O)[nH]c1=O. The molecule has 2 aromatic carbocycles. The normalized spacial score (nSPS) is 28.8. The van der Waals surface area contributed by atoms with Gasteiger partial charge >= 0.3 is 5.69 Å². The number of hydrogen-bond acceptors (Lipinski definition) is 7. The molecule has 9 nitrogen and oxygen atoms in total. The molecule has 1 aliphatic carbocycles. The molecule has 2 heterocycles. The van der Waals surface area contributed by atoms with Crippen molar-refractivity contribution in [1.29, 1.82) is 0 Å². The zero-order chi connectivity index (χ0) is 26.0. The summed E-state index contributed by atoms with van der Waals surface area (Å²) in [5, 5.41) is 23.1. The van der Waals surface area contributed by atoms with Gasteiger partial charge in [-0.2, -0.15) is 0 Å². The van der Waals surface area contributed by atoms with Gasteiger partial charge in [-0.15, -0.1) is 0 Å². The first-order valence-electron chi connectivity index (χ1n) is 12.2. The van der Waals surface area contributed by atoms with Crippen molar-refractivity contribution in [1.82, 2.24) is 9.55 Å². The molecule has 0 amide bonds. The molecule has 1 aliphatic heterocycles. The van der Waals surface area contributed by atoms with E-state index in [9.17, 15) is 19.8 Å². The van der Waals surface area contributed by atoms with Gasteiger partial charge in [-0.25, -0.2) is 4.79 Å². The maximum absolute atomic E-state index is 12.8. The van der Waals surface area contributed by atoms with Gasteiger partial charge in [0.05, 0.1) is 19.8 Å². The highest BCUT2D eigenvalue weighted by Crippen LogP contribution is 2.53. The Hall–Kier alpha value is -3.34. The topological polar surface area (TPSA) is 123 Å². The van der Waals surface area contributed by atoms with E-state index >= 15 is 0 Å². The molecule has 0 saturated carbocycles. The number of aliphatic hydroxyl groups excluding tert-OH is 2. The van der Waals surface area contributed by atoms with E-state index in [1.807, 2.05) is 60.7 Å². The van der Waals surface area contributed by atoms with Gasteiger partial charge in [-0.1, -0.05) is 72.8 Å². The number of aromatic nitrogens is 2. The number of H-pyrrole nitrogens is 1. The van der Waals surface area contributed by atoms with Crippen LogP contribution in [0.15, 0.2) is 88.6 Å². The number of nitrogens with one attached hydrogen (secondary N) is 1. The Morgan fingerprint density at radius 3 is 2.35 bits per heavy atom. The molecule has 1 aromatic heterocycles. The molecule has 3 N–H and O–H groups in total. The lowest BCUT2D eigenvalue weighted by atomic mass is 9.71. The van der Waals surface area contributed by atoms with Crippen molar-refractivity contribution < 1.29 is 24.4 Å². The molecule has 1 fully saturated rings. The third kappa shape index (κ3) is 4.49. The molecule has 3 aromatic rings. The number of aryl methyl sites for hydroxylation is 1. The molecule has 9 heteroatoms. The van der Waals surface area contributed by atoms with Crippen LogP contribution in [0.2, 0.25) is 0 Å². The lowest BCUT2D eigenvalue weighted by Gasteiger charge is -2.48. The number of hydrogen-bond donors (Lipinski definition) is 3. The van der Waals surface area contributed by atoms with E-state index in [-0.39, 0.29) is 31.8 Å². The first-order valence-corrected chi connectivity index (χ1v) is 12.2. The van der Waals surface area contributed by atoms with Crippen LogP contribution >= 0.6 is 0 Å². The maximum atomic E-state index is 12.8. The second kappa shape index (κ2) is 10.2. The number of ether oxygens (including phenoxy) is 3. The molecular formula is C28H30N2O7. The smallest absolute Gasteiger partial charge is 0.330 e. The lowest BCUT2D eigenvalue weighted by molar-refractivity contribution is -0.239. The van der Waals surface area contributed by atoms with Gasteiger partial charge in [-0.05, 0) is 18.1 Å². The molecule has 0 unspecified atom stereocenters. The molecule has 37 heavy (non-hydrogen) atoms. The molecule has 0 bridgehead atoms. The van der Waals surface area contributed by atoms with Gasteiger partial charge in [0.15, 0.2) is 11.8 Å². The van der Waals surface area contributed by atoms with Crippen LogP contribution in [0.3, 0.4) is 0 Å². The Balaban J connectivity index is 1.54. The van der Waals surface area contributed by atoms with Crippen LogP contribution in [0.25, 0.3) is 0 Å². The van der Waals surface area contributed by atoms with E-state index in [1.54, 1.807) is 19.1 Å². The first-order chi connectivity index (χ1) is 17.9. The van der Waals surface area contributed by atoms with Crippen LogP contribution in [0, 0.1) is 6.92 Å². The minimum absolute atomic E-state index is 0.118. The number of rotatable bonds is 8. The summed E-state index contributed by atoms with van der Waals surface area (Å²) in [7, 11) is 0. The Labute approximate surface area is 213 Å². The van der Waals surface area contributed by atoms with Crippen molar-refractivity contribution in [2.75, 3.05) is 6.61 Å². The summed E-state index contributed by atoms with van der Waals surface area (Å²) in [6.45, 7) is 1.82. The molecular weight excluding hydrogens is 476 g/mol. The fourth-order valence-corrected chi connectivity index (χ4v) is 5.17. The summed E-state index contributed by atoms with van der Waals surface area (Å²) in [4.78, 5) is 27.0. The van der Waals surface area contributed by atoms with E-state index in [0.717, 1.165) is 15.7 Å². The highest BCUT2D eigenvalue weighted by atomic mass is 16.6. The fraction of sp³-hybridized carbons (Fsp3) is 0.357. The largest absolute Gasteiger partial charge is 0.386 e. The number of nitrogens with zero attached hydrogens (tertiary/aromatic N) is 1. The number of benzene rings is 2. The number of fused-ring (bicyclic) bond motifs is 1. The molecule has 1 saturated heterocycles. The second-order valence-corrected chi connectivity index (χ2v) is 9.54. The summed E-state index contributed by atoms with van der Waals surface area (Å²) in [6.07, 6.45) is 1.06. The van der Waals surface area contributed by atoms with Gasteiger partial charge < -0.3 is 24.4 Å². The molecule has 2 aliphatic rings. The van der Waals surface area contributed by atoms with Crippen molar-refractivity contribution in [3.05, 3.63) is 117 Å². The van der Waals surface area contributed by atoms with Crippen LogP contribution in [-0.2, 0) is 27.4 Å². The van der Waals surface area contributed by atoms with Gasteiger partial charge in [0.25, 0.3) is 5.56 Å². The highest BCUT2D eigenvalue weighted by Gasteiger charge is 2.70. The predicted molar refractivity (Wildman–Crippen MR) is 135 cm³/mol. The lowest BCUT2D eigenvalue weighted by Crippen LogP contribution is -2.66. The van der Waals surface area contributed by atoms with E-state index in [2.05, 4.69) is 4.98 Å². The minimum atomic E-state index is -1.54. The Morgan fingerprint density at radius 2 is 1.68 bits per heavy atom. The van der Waals surface area contributed by atoms with Crippen LogP contribution < -0.4 is 11.2 Å². The average Bonchev–Trinajstić information content (AvgIpc) is 3.16. The summed E-state index contributed by atoms with van der Waals surface area (Å²) in [6, 6.07) is 19.0. The summed E-state index contributed by atoms with van der Waals surface area (Å²) in [5.74, 6) is 0. The van der Waals surface area contributed by atoms with Crippen molar-refractivity contribution in [2.45, 2.75) is 56.2 Å². The predicted octanol–water partition coefficient (Wildman–Crippen LogP) is 1.97. The highest BCUT2D eigenvalue weighted by molar-refractivity contribution is 5.27. The quantitative estimate of drug-likeness (QED) is 0.399. The molecule has 194 valence electrons. The zero-order valence-corrected chi connectivity index (χ0v) is 20.4. The minimum Gasteiger partial charge on any atom is -0.386 e. The number of aliphatic hydroxyl groups is 2. The monoisotopic (exact) mass is 506 g/mol. The van der Waals surface area contributed by atoms with Crippen LogP contribution in [0.1, 0.15) is 29.3 Å². The molecule has 0 radical (unpaired) electrons. The van der Waals surface area contributed by atoms with Crippen molar-refractivity contribution in [3.8, 4) is 0 Å². The van der Waals surface area contributed by atoms with Crippen molar-refractivity contribution in [2.24, 2.45) is 0 Å². The maximum Gasteiger partial charge on any atom is 0.330 e. The molecule has 0 spiro atoms. The first kappa shape index (κ1) is 25.3. The molecule has 5 atom stereocenters. The van der Waals surface area contributed by atoms with Gasteiger partial charge in [-0.3, -0.25) is 14.3 Å². The second-order valence-electron chi connectivity index (χ2n) is 9.54. The fourth-order valence-electron chi connectivity index (χ4n) is 5.17.